The van der Waals surface area contributed by atoms with Crippen molar-refractivity contribution in [1.82, 2.24) is 9.80 Å². The van der Waals surface area contributed by atoms with Crippen molar-refractivity contribution in [3.8, 4) is 6.07 Å². The van der Waals surface area contributed by atoms with Crippen LogP contribution in [0.15, 0.2) is 70.8 Å². The van der Waals surface area contributed by atoms with Crippen LogP contribution in [0.1, 0.15) is 16.7 Å². The molecule has 0 atom stereocenters. The second kappa shape index (κ2) is 10.7. The Hall–Kier alpha value is -2.42. The Labute approximate surface area is 170 Å². The third-order valence-electron chi connectivity index (χ3n) is 4.35. The molecule has 0 aliphatic rings. The number of aliphatic imine (C=N–C) groups is 1. The first kappa shape index (κ1) is 20.9. The predicted molar refractivity (Wildman–Crippen MR) is 116 cm³/mol. The van der Waals surface area contributed by atoms with Crippen molar-refractivity contribution in [2.45, 2.75) is 13.0 Å². The van der Waals surface area contributed by atoms with Crippen LogP contribution in [0.25, 0.3) is 0 Å². The molecule has 0 N–H and O–H groups in total. The maximum Gasteiger partial charge on any atom is 0.117 e. The van der Waals surface area contributed by atoms with Gasteiger partial charge in [-0.3, -0.25) is 9.89 Å². The Balaban J connectivity index is 1.93. The molecule has 0 fully saturated rings. The number of rotatable bonds is 8. The van der Waals surface area contributed by atoms with Crippen LogP contribution in [0.3, 0.4) is 0 Å². The van der Waals surface area contributed by atoms with Gasteiger partial charge in [-0.1, -0.05) is 46.8 Å². The van der Waals surface area contributed by atoms with E-state index in [1.54, 1.807) is 0 Å². The average molecular weight is 425 g/mol. The lowest BCUT2D eigenvalue weighted by Crippen LogP contribution is -2.36. The van der Waals surface area contributed by atoms with Gasteiger partial charge in [0, 0.05) is 24.6 Å². The molecule has 2 aromatic carbocycles. The summed E-state index contributed by atoms with van der Waals surface area (Å²) in [5.74, 6) is 0.965. The van der Waals surface area contributed by atoms with Crippen LogP contribution in [0.5, 0.6) is 0 Å². The highest BCUT2D eigenvalue weighted by molar-refractivity contribution is 9.10. The van der Waals surface area contributed by atoms with Crippen LogP contribution in [-0.4, -0.2) is 42.8 Å². The first-order chi connectivity index (χ1) is 13.0. The lowest BCUT2D eigenvalue weighted by atomic mass is 10.1. The summed E-state index contributed by atoms with van der Waals surface area (Å²) < 4.78 is 1.10. The summed E-state index contributed by atoms with van der Waals surface area (Å²) in [5, 5.41) is 8.92. The lowest BCUT2D eigenvalue weighted by Gasteiger charge is -2.26. The lowest BCUT2D eigenvalue weighted by molar-refractivity contribution is 0.368. The van der Waals surface area contributed by atoms with Gasteiger partial charge in [-0.05, 0) is 55.1 Å². The van der Waals surface area contributed by atoms with Gasteiger partial charge in [0.25, 0.3) is 0 Å². The Morgan fingerprint density at radius 3 is 2.33 bits per heavy atom. The molecule has 0 spiro atoms. The predicted octanol–water partition coefficient (Wildman–Crippen LogP) is 4.47. The molecule has 0 unspecified atom stereocenters. The molecule has 0 saturated carbocycles. The molecule has 0 aliphatic heterocycles. The van der Waals surface area contributed by atoms with E-state index in [9.17, 15) is 0 Å². The molecule has 140 valence electrons. The number of nitriles is 1. The van der Waals surface area contributed by atoms with Gasteiger partial charge in [0.05, 0.1) is 18.2 Å². The average Bonchev–Trinajstić information content (AvgIpc) is 2.70. The van der Waals surface area contributed by atoms with Gasteiger partial charge in [-0.15, -0.1) is 0 Å². The van der Waals surface area contributed by atoms with Crippen molar-refractivity contribution in [1.29, 1.82) is 5.26 Å². The maximum atomic E-state index is 8.92. The van der Waals surface area contributed by atoms with Crippen molar-refractivity contribution in [3.63, 3.8) is 0 Å². The first-order valence-corrected chi connectivity index (χ1v) is 9.62. The highest BCUT2D eigenvalue weighted by Crippen LogP contribution is 2.12. The van der Waals surface area contributed by atoms with Gasteiger partial charge in [0.1, 0.15) is 5.84 Å². The molecule has 0 saturated heterocycles. The molecular weight excluding hydrogens is 400 g/mol. The van der Waals surface area contributed by atoms with Gasteiger partial charge in [0.2, 0.25) is 0 Å². The normalized spacial score (nSPS) is 11.3. The van der Waals surface area contributed by atoms with E-state index in [0.717, 1.165) is 35.4 Å². The number of likely N-dealkylation sites (N-methyl/N-ethyl adjacent to an activating group) is 1. The first-order valence-electron chi connectivity index (χ1n) is 8.82. The summed E-state index contributed by atoms with van der Waals surface area (Å²) >= 11 is 3.47. The minimum Gasteiger partial charge on any atom is -0.332 e. The SMILES string of the molecule is C=CN(Cc1ccc(C#N)cc1)C(CN(C)CCc1ccc(Br)cc1)=NC. The zero-order valence-corrected chi connectivity index (χ0v) is 17.5. The number of hydrogen-bond donors (Lipinski definition) is 0. The second-order valence-corrected chi connectivity index (χ2v) is 7.29. The molecular formula is C22H25BrN4. The molecule has 0 bridgehead atoms. The monoisotopic (exact) mass is 424 g/mol. The van der Waals surface area contributed by atoms with Gasteiger partial charge < -0.3 is 4.90 Å². The number of halogens is 1. The van der Waals surface area contributed by atoms with Gasteiger partial charge >= 0.3 is 0 Å². The van der Waals surface area contributed by atoms with E-state index in [0.29, 0.717) is 12.1 Å². The Morgan fingerprint density at radius 2 is 1.78 bits per heavy atom. The highest BCUT2D eigenvalue weighted by atomic mass is 79.9. The molecule has 0 heterocycles. The van der Waals surface area contributed by atoms with Gasteiger partial charge in [0.15, 0.2) is 0 Å². The Morgan fingerprint density at radius 1 is 1.15 bits per heavy atom. The smallest absolute Gasteiger partial charge is 0.117 e. The molecule has 0 radical (unpaired) electrons. The highest BCUT2D eigenvalue weighted by Gasteiger charge is 2.11. The fraction of sp³-hybridized carbons (Fsp3) is 0.273. The van der Waals surface area contributed by atoms with Gasteiger partial charge in [-0.25, -0.2) is 0 Å². The Kier molecular flexibility index (Phi) is 8.25. The summed E-state index contributed by atoms with van der Waals surface area (Å²) in [6.07, 6.45) is 2.80. The van der Waals surface area contributed by atoms with Crippen LogP contribution < -0.4 is 0 Å². The third-order valence-corrected chi connectivity index (χ3v) is 4.88. The third kappa shape index (κ3) is 6.67. The molecule has 5 heteroatoms. The van der Waals surface area contributed by atoms with Crippen molar-refractivity contribution in [2.24, 2.45) is 4.99 Å². The van der Waals surface area contributed by atoms with Crippen molar-refractivity contribution in [2.75, 3.05) is 27.2 Å². The molecule has 0 aliphatic carbocycles. The van der Waals surface area contributed by atoms with E-state index in [4.69, 9.17) is 5.26 Å². The number of amidine groups is 1. The number of hydrogen-bond acceptors (Lipinski definition) is 3. The summed E-state index contributed by atoms with van der Waals surface area (Å²) in [6, 6.07) is 18.2. The maximum absolute atomic E-state index is 8.92. The van der Waals surface area contributed by atoms with E-state index in [2.05, 4.69) is 74.7 Å². The minimum atomic E-state index is 0.668. The van der Waals surface area contributed by atoms with Crippen LogP contribution in [0.2, 0.25) is 0 Å². The zero-order valence-electron chi connectivity index (χ0n) is 15.9. The molecule has 2 rings (SSSR count). The van der Waals surface area contributed by atoms with E-state index < -0.39 is 0 Å². The van der Waals surface area contributed by atoms with Gasteiger partial charge in [-0.2, -0.15) is 5.26 Å². The van der Waals surface area contributed by atoms with Crippen molar-refractivity contribution >= 4 is 21.8 Å². The molecule has 0 amide bonds. The van der Waals surface area contributed by atoms with E-state index >= 15 is 0 Å². The largest absolute Gasteiger partial charge is 0.332 e. The van der Waals surface area contributed by atoms with Crippen molar-refractivity contribution < 1.29 is 0 Å². The Bertz CT molecular complexity index is 804. The fourth-order valence-corrected chi connectivity index (χ4v) is 2.99. The standard InChI is InChI=1S/C22H25BrN4/c1-4-27(16-20-7-5-19(15-24)6-8-20)22(25-2)17-26(3)14-13-18-9-11-21(23)12-10-18/h4-12H,1,13-14,16-17H2,2-3H3. The van der Waals surface area contributed by atoms with Crippen LogP contribution in [0.4, 0.5) is 0 Å². The number of benzene rings is 2. The molecule has 27 heavy (non-hydrogen) atoms. The fourth-order valence-electron chi connectivity index (χ4n) is 2.72. The minimum absolute atomic E-state index is 0.668. The topological polar surface area (TPSA) is 42.6 Å². The summed E-state index contributed by atoms with van der Waals surface area (Å²) in [4.78, 5) is 8.78. The summed E-state index contributed by atoms with van der Waals surface area (Å²) in [7, 11) is 3.92. The van der Waals surface area contributed by atoms with E-state index in [-0.39, 0.29) is 0 Å². The van der Waals surface area contributed by atoms with Crippen LogP contribution >= 0.6 is 15.9 Å². The quantitative estimate of drug-likeness (QED) is 0.463. The molecule has 0 aromatic heterocycles. The zero-order chi connectivity index (χ0) is 19.6. The van der Waals surface area contributed by atoms with E-state index in [1.165, 1.54) is 5.56 Å². The summed E-state index contributed by atoms with van der Waals surface area (Å²) in [6.45, 7) is 6.31. The summed E-state index contributed by atoms with van der Waals surface area (Å²) in [5.41, 5.74) is 3.10. The van der Waals surface area contributed by atoms with Crippen LogP contribution in [0, 0.1) is 11.3 Å². The molecule has 4 nitrogen and oxygen atoms in total. The molecule has 2 aromatic rings. The van der Waals surface area contributed by atoms with Crippen molar-refractivity contribution in [3.05, 3.63) is 82.5 Å². The number of nitrogens with zero attached hydrogens (tertiary/aromatic N) is 4. The van der Waals surface area contributed by atoms with E-state index in [1.807, 2.05) is 37.5 Å². The second-order valence-electron chi connectivity index (χ2n) is 6.37. The van der Waals surface area contributed by atoms with Crippen LogP contribution in [-0.2, 0) is 13.0 Å².